The summed E-state index contributed by atoms with van der Waals surface area (Å²) in [6, 6.07) is 5.03. The molecular weight excluding hydrogens is 292 g/mol. The smallest absolute Gasteiger partial charge is 0.311 e. The molecule has 0 aliphatic rings. The van der Waals surface area contributed by atoms with Crippen molar-refractivity contribution < 1.29 is 9.66 Å². The van der Waals surface area contributed by atoms with Gasteiger partial charge in [-0.3, -0.25) is 15.2 Å². The van der Waals surface area contributed by atoms with Gasteiger partial charge in [-0.1, -0.05) is 31.2 Å². The summed E-state index contributed by atoms with van der Waals surface area (Å²) in [5, 5.41) is 18.3. The summed E-state index contributed by atoms with van der Waals surface area (Å²) >= 11 is 1.44. The fourth-order valence-corrected chi connectivity index (χ4v) is 2.38. The molecule has 0 fully saturated rings. The number of aromatic amines is 1. The molecule has 1 aromatic heterocycles. The molecule has 0 atom stereocenters. The van der Waals surface area contributed by atoms with Crippen LogP contribution in [0.5, 0.6) is 5.75 Å². The number of H-pyrrole nitrogens is 1. The minimum absolute atomic E-state index is 0.00164. The number of ether oxygens (including phenoxy) is 1. The molecule has 0 saturated heterocycles. The third-order valence-corrected chi connectivity index (χ3v) is 3.69. The number of hydrogen-bond donors (Lipinski definition) is 1. The lowest BCUT2D eigenvalue weighted by molar-refractivity contribution is -0.385. The van der Waals surface area contributed by atoms with Crippen molar-refractivity contribution in [1.29, 1.82) is 0 Å². The highest BCUT2D eigenvalue weighted by molar-refractivity contribution is 7.98. The van der Waals surface area contributed by atoms with E-state index in [0.29, 0.717) is 23.3 Å². The summed E-state index contributed by atoms with van der Waals surface area (Å²) in [5.74, 6) is 0.896. The van der Waals surface area contributed by atoms with E-state index in [0.717, 1.165) is 18.4 Å². The van der Waals surface area contributed by atoms with E-state index in [-0.39, 0.29) is 5.69 Å². The van der Waals surface area contributed by atoms with Crippen LogP contribution in [0.4, 0.5) is 5.69 Å². The molecule has 1 aromatic carbocycles. The second kappa shape index (κ2) is 7.63. The van der Waals surface area contributed by atoms with Crippen molar-refractivity contribution in [1.82, 2.24) is 15.2 Å². The third kappa shape index (κ3) is 4.45. The highest BCUT2D eigenvalue weighted by Crippen LogP contribution is 2.30. The van der Waals surface area contributed by atoms with Gasteiger partial charge >= 0.3 is 5.69 Å². The normalized spacial score (nSPS) is 10.5. The van der Waals surface area contributed by atoms with Crippen molar-refractivity contribution in [2.24, 2.45) is 0 Å². The fourth-order valence-electron chi connectivity index (χ4n) is 1.66. The van der Waals surface area contributed by atoms with E-state index in [4.69, 9.17) is 4.74 Å². The van der Waals surface area contributed by atoms with E-state index in [1.54, 1.807) is 12.1 Å². The minimum Gasteiger partial charge on any atom is -0.487 e. The van der Waals surface area contributed by atoms with Crippen molar-refractivity contribution in [2.45, 2.75) is 30.7 Å². The molecule has 0 saturated carbocycles. The van der Waals surface area contributed by atoms with E-state index in [2.05, 4.69) is 15.2 Å². The van der Waals surface area contributed by atoms with Gasteiger partial charge in [0, 0.05) is 11.8 Å². The van der Waals surface area contributed by atoms with Crippen LogP contribution in [0.25, 0.3) is 0 Å². The van der Waals surface area contributed by atoms with Crippen LogP contribution in [0.15, 0.2) is 29.7 Å². The number of thioether (sulfide) groups is 1. The molecule has 0 radical (unpaired) electrons. The molecule has 0 unspecified atom stereocenters. The lowest BCUT2D eigenvalue weighted by atomic mass is 10.2. The summed E-state index contributed by atoms with van der Waals surface area (Å²) in [4.78, 5) is 14.7. The molecule has 0 bridgehead atoms. The number of aromatic nitrogens is 3. The lowest BCUT2D eigenvalue weighted by Gasteiger charge is -2.07. The molecule has 21 heavy (non-hydrogen) atoms. The molecule has 0 aliphatic heterocycles. The van der Waals surface area contributed by atoms with Crippen molar-refractivity contribution >= 4 is 17.4 Å². The first-order valence-corrected chi connectivity index (χ1v) is 7.57. The minimum atomic E-state index is -0.413. The molecule has 1 N–H and O–H groups in total. The van der Waals surface area contributed by atoms with Gasteiger partial charge in [0.05, 0.1) is 11.5 Å². The maximum absolute atomic E-state index is 11.1. The van der Waals surface area contributed by atoms with Crippen LogP contribution < -0.4 is 4.74 Å². The molecule has 0 aliphatic carbocycles. The number of unbranched alkanes of at least 4 members (excludes halogenated alkanes) is 1. The molecule has 112 valence electrons. The van der Waals surface area contributed by atoms with Gasteiger partial charge in [0.15, 0.2) is 10.9 Å². The maximum Gasteiger partial charge on any atom is 0.311 e. The zero-order chi connectivity index (χ0) is 15.1. The van der Waals surface area contributed by atoms with Gasteiger partial charge in [-0.25, -0.2) is 4.98 Å². The second-order valence-corrected chi connectivity index (χ2v) is 5.30. The van der Waals surface area contributed by atoms with Crippen LogP contribution in [0, 0.1) is 10.1 Å². The average Bonchev–Trinajstić information content (AvgIpc) is 2.99. The standard InChI is InChI=1S/C13H16N4O3S/c1-2-3-6-20-12-5-4-10(7-11(12)17(18)19)8-21-13-14-9-15-16-13/h4-5,7,9H,2-3,6,8H2,1H3,(H,14,15,16). The van der Waals surface area contributed by atoms with E-state index < -0.39 is 4.92 Å². The predicted molar refractivity (Wildman–Crippen MR) is 79.4 cm³/mol. The van der Waals surface area contributed by atoms with Crippen molar-refractivity contribution in [3.05, 3.63) is 40.2 Å². The Morgan fingerprint density at radius 3 is 3.00 bits per heavy atom. The van der Waals surface area contributed by atoms with E-state index in [1.807, 2.05) is 13.0 Å². The molecule has 1 heterocycles. The van der Waals surface area contributed by atoms with Crippen LogP contribution >= 0.6 is 11.8 Å². The van der Waals surface area contributed by atoms with Crippen LogP contribution in [0.2, 0.25) is 0 Å². The van der Waals surface area contributed by atoms with Crippen molar-refractivity contribution in [3.8, 4) is 5.75 Å². The van der Waals surface area contributed by atoms with E-state index in [1.165, 1.54) is 18.1 Å². The van der Waals surface area contributed by atoms with Gasteiger partial charge in [0.1, 0.15) is 6.33 Å². The van der Waals surface area contributed by atoms with Crippen LogP contribution in [-0.4, -0.2) is 26.7 Å². The number of nitro benzene ring substituents is 1. The summed E-state index contributed by atoms with van der Waals surface area (Å²) in [7, 11) is 0. The van der Waals surface area contributed by atoms with Gasteiger partial charge in [0.25, 0.3) is 0 Å². The number of rotatable bonds is 8. The topological polar surface area (TPSA) is 93.9 Å². The Balaban J connectivity index is 2.06. The SMILES string of the molecule is CCCCOc1ccc(CSc2ncn[nH]2)cc1[N+](=O)[O-]. The van der Waals surface area contributed by atoms with Crippen LogP contribution in [0.3, 0.4) is 0 Å². The van der Waals surface area contributed by atoms with Gasteiger partial charge in [-0.15, -0.1) is 0 Å². The Morgan fingerprint density at radius 2 is 2.33 bits per heavy atom. The van der Waals surface area contributed by atoms with Crippen LogP contribution in [-0.2, 0) is 5.75 Å². The molecule has 7 nitrogen and oxygen atoms in total. The first-order chi connectivity index (χ1) is 10.2. The van der Waals surface area contributed by atoms with Crippen molar-refractivity contribution in [3.63, 3.8) is 0 Å². The summed E-state index contributed by atoms with van der Waals surface area (Å²) in [5.41, 5.74) is 0.840. The summed E-state index contributed by atoms with van der Waals surface area (Å²) in [6.07, 6.45) is 3.29. The first kappa shape index (κ1) is 15.3. The lowest BCUT2D eigenvalue weighted by Crippen LogP contribution is -2.01. The Labute approximate surface area is 126 Å². The van der Waals surface area contributed by atoms with Crippen LogP contribution in [0.1, 0.15) is 25.3 Å². The quantitative estimate of drug-likeness (QED) is 0.348. The molecule has 8 heteroatoms. The number of benzene rings is 1. The Kier molecular flexibility index (Phi) is 5.56. The predicted octanol–water partition coefficient (Wildman–Crippen LogP) is 3.18. The first-order valence-electron chi connectivity index (χ1n) is 6.59. The number of nitrogens with one attached hydrogen (secondary N) is 1. The Hall–Kier alpha value is -2.09. The zero-order valence-corrected chi connectivity index (χ0v) is 12.4. The van der Waals surface area contributed by atoms with E-state index >= 15 is 0 Å². The molecule has 2 aromatic rings. The Bertz CT molecular complexity index is 589. The van der Waals surface area contributed by atoms with Gasteiger partial charge in [-0.05, 0) is 18.1 Å². The number of hydrogen-bond acceptors (Lipinski definition) is 6. The molecule has 0 amide bonds. The molecular formula is C13H16N4O3S. The molecule has 2 rings (SSSR count). The number of nitro groups is 1. The third-order valence-electron chi connectivity index (χ3n) is 2.74. The summed E-state index contributed by atoms with van der Waals surface area (Å²) in [6.45, 7) is 2.53. The highest BCUT2D eigenvalue weighted by Gasteiger charge is 2.16. The van der Waals surface area contributed by atoms with Gasteiger partial charge in [-0.2, -0.15) is 5.10 Å². The maximum atomic E-state index is 11.1. The van der Waals surface area contributed by atoms with E-state index in [9.17, 15) is 10.1 Å². The average molecular weight is 308 g/mol. The van der Waals surface area contributed by atoms with Gasteiger partial charge in [0.2, 0.25) is 0 Å². The van der Waals surface area contributed by atoms with Crippen molar-refractivity contribution in [2.75, 3.05) is 6.61 Å². The zero-order valence-electron chi connectivity index (χ0n) is 11.6. The van der Waals surface area contributed by atoms with Gasteiger partial charge < -0.3 is 4.74 Å². The second-order valence-electron chi connectivity index (χ2n) is 4.34. The highest BCUT2D eigenvalue weighted by atomic mass is 32.2. The summed E-state index contributed by atoms with van der Waals surface area (Å²) < 4.78 is 5.47. The molecule has 0 spiro atoms. The monoisotopic (exact) mass is 308 g/mol. The largest absolute Gasteiger partial charge is 0.487 e. The fraction of sp³-hybridized carbons (Fsp3) is 0.385. The Morgan fingerprint density at radius 1 is 1.48 bits per heavy atom. The number of nitrogens with zero attached hydrogens (tertiary/aromatic N) is 3.